The van der Waals surface area contributed by atoms with E-state index in [9.17, 15) is 4.79 Å². The smallest absolute Gasteiger partial charge is 0.195 e. The summed E-state index contributed by atoms with van der Waals surface area (Å²) in [4.78, 5) is 18.1. The number of nitrogens with zero attached hydrogens (tertiary/aromatic N) is 1. The number of nitrogens with one attached hydrogen (secondary N) is 1. The van der Waals surface area contributed by atoms with Crippen molar-refractivity contribution in [2.75, 3.05) is 0 Å². The lowest BCUT2D eigenvalue weighted by atomic mass is 10.2. The first-order chi connectivity index (χ1) is 6.16. The summed E-state index contributed by atoms with van der Waals surface area (Å²) in [5.74, 6) is 0.398. The van der Waals surface area contributed by atoms with Crippen LogP contribution >= 0.6 is 0 Å². The Bertz CT molecular complexity index is 471. The van der Waals surface area contributed by atoms with Crippen LogP contribution in [0.2, 0.25) is 0 Å². The highest BCUT2D eigenvalue weighted by molar-refractivity contribution is 5.94. The molecule has 2 rings (SSSR count). The SMILES string of the molecule is CC(=O)c1nc2ccc(C)cc2[nH]1. The van der Waals surface area contributed by atoms with Gasteiger partial charge in [-0.05, 0) is 24.6 Å². The fraction of sp³-hybridized carbons (Fsp3) is 0.200. The average molecular weight is 174 g/mol. The first kappa shape index (κ1) is 7.98. The Balaban J connectivity index is 2.68. The van der Waals surface area contributed by atoms with Gasteiger partial charge in [0.05, 0.1) is 11.0 Å². The molecular formula is C10H10N2O. The molecular weight excluding hydrogens is 164 g/mol. The highest BCUT2D eigenvalue weighted by Crippen LogP contribution is 2.13. The number of Topliss-reactive ketones (excluding diaryl/α,β-unsaturated/α-hetero) is 1. The maximum absolute atomic E-state index is 11.0. The Hall–Kier alpha value is -1.64. The number of hydrogen-bond donors (Lipinski definition) is 1. The number of aryl methyl sites for hydroxylation is 1. The molecule has 0 atom stereocenters. The third-order valence-corrected chi connectivity index (χ3v) is 1.97. The van der Waals surface area contributed by atoms with E-state index >= 15 is 0 Å². The van der Waals surface area contributed by atoms with Gasteiger partial charge in [-0.25, -0.2) is 4.98 Å². The zero-order valence-electron chi connectivity index (χ0n) is 7.59. The van der Waals surface area contributed by atoms with E-state index in [2.05, 4.69) is 9.97 Å². The number of fused-ring (bicyclic) bond motifs is 1. The third kappa shape index (κ3) is 1.33. The molecule has 1 N–H and O–H groups in total. The van der Waals surface area contributed by atoms with E-state index in [-0.39, 0.29) is 5.78 Å². The summed E-state index contributed by atoms with van der Waals surface area (Å²) in [7, 11) is 0. The molecule has 1 heterocycles. The fourth-order valence-electron chi connectivity index (χ4n) is 1.29. The molecule has 0 aliphatic carbocycles. The van der Waals surface area contributed by atoms with Crippen molar-refractivity contribution in [1.82, 2.24) is 9.97 Å². The summed E-state index contributed by atoms with van der Waals surface area (Å²) in [6, 6.07) is 5.87. The lowest BCUT2D eigenvalue weighted by Gasteiger charge is -1.89. The monoisotopic (exact) mass is 174 g/mol. The molecule has 1 aromatic carbocycles. The lowest BCUT2D eigenvalue weighted by molar-refractivity contribution is 0.100. The van der Waals surface area contributed by atoms with Crippen LogP contribution in [0.25, 0.3) is 11.0 Å². The van der Waals surface area contributed by atoms with Crippen molar-refractivity contribution in [3.63, 3.8) is 0 Å². The molecule has 66 valence electrons. The van der Waals surface area contributed by atoms with Gasteiger partial charge in [0.15, 0.2) is 11.6 Å². The number of aromatic nitrogens is 2. The Morgan fingerprint density at radius 2 is 2.23 bits per heavy atom. The normalized spacial score (nSPS) is 10.6. The first-order valence-electron chi connectivity index (χ1n) is 4.14. The van der Waals surface area contributed by atoms with Crippen molar-refractivity contribution >= 4 is 16.8 Å². The summed E-state index contributed by atoms with van der Waals surface area (Å²) in [5, 5.41) is 0. The molecule has 3 nitrogen and oxygen atoms in total. The van der Waals surface area contributed by atoms with Gasteiger partial charge in [-0.2, -0.15) is 0 Å². The molecule has 3 heteroatoms. The zero-order valence-corrected chi connectivity index (χ0v) is 7.59. The molecule has 0 amide bonds. The van der Waals surface area contributed by atoms with Crippen LogP contribution in [0.3, 0.4) is 0 Å². The van der Waals surface area contributed by atoms with E-state index in [1.165, 1.54) is 6.92 Å². The van der Waals surface area contributed by atoms with E-state index in [1.807, 2.05) is 25.1 Å². The van der Waals surface area contributed by atoms with Crippen LogP contribution in [0.5, 0.6) is 0 Å². The van der Waals surface area contributed by atoms with Crippen molar-refractivity contribution in [2.45, 2.75) is 13.8 Å². The van der Waals surface area contributed by atoms with Gasteiger partial charge >= 0.3 is 0 Å². The largest absolute Gasteiger partial charge is 0.335 e. The van der Waals surface area contributed by atoms with Crippen LogP contribution in [0.4, 0.5) is 0 Å². The average Bonchev–Trinajstić information content (AvgIpc) is 2.46. The van der Waals surface area contributed by atoms with E-state index in [1.54, 1.807) is 0 Å². The molecule has 0 unspecified atom stereocenters. The van der Waals surface area contributed by atoms with Crippen molar-refractivity contribution in [3.05, 3.63) is 29.6 Å². The number of ketones is 1. The van der Waals surface area contributed by atoms with Gasteiger partial charge in [-0.1, -0.05) is 6.07 Å². The second-order valence-corrected chi connectivity index (χ2v) is 3.16. The van der Waals surface area contributed by atoms with Crippen LogP contribution in [-0.4, -0.2) is 15.8 Å². The zero-order chi connectivity index (χ0) is 9.42. The fourth-order valence-corrected chi connectivity index (χ4v) is 1.29. The van der Waals surface area contributed by atoms with Gasteiger partial charge in [0, 0.05) is 6.92 Å². The number of rotatable bonds is 1. The maximum atomic E-state index is 11.0. The van der Waals surface area contributed by atoms with Gasteiger partial charge < -0.3 is 4.98 Å². The summed E-state index contributed by atoms with van der Waals surface area (Å²) in [6.45, 7) is 3.51. The lowest BCUT2D eigenvalue weighted by Crippen LogP contribution is -1.93. The van der Waals surface area contributed by atoms with Gasteiger partial charge in [0.1, 0.15) is 0 Å². The molecule has 0 spiro atoms. The van der Waals surface area contributed by atoms with Gasteiger partial charge in [-0.15, -0.1) is 0 Å². The molecule has 0 saturated heterocycles. The van der Waals surface area contributed by atoms with E-state index < -0.39 is 0 Å². The Morgan fingerprint density at radius 1 is 1.46 bits per heavy atom. The minimum absolute atomic E-state index is 0.0335. The number of aromatic amines is 1. The minimum Gasteiger partial charge on any atom is -0.335 e. The summed E-state index contributed by atoms with van der Waals surface area (Å²) in [5.41, 5.74) is 2.92. The van der Waals surface area contributed by atoms with Crippen molar-refractivity contribution < 1.29 is 4.79 Å². The Morgan fingerprint density at radius 3 is 2.92 bits per heavy atom. The number of H-pyrrole nitrogens is 1. The van der Waals surface area contributed by atoms with E-state index in [0.29, 0.717) is 5.82 Å². The van der Waals surface area contributed by atoms with Gasteiger partial charge in [-0.3, -0.25) is 4.79 Å². The number of carbonyl (C=O) groups is 1. The first-order valence-corrected chi connectivity index (χ1v) is 4.14. The van der Waals surface area contributed by atoms with E-state index in [4.69, 9.17) is 0 Å². The Labute approximate surface area is 75.8 Å². The predicted molar refractivity (Wildman–Crippen MR) is 50.8 cm³/mol. The molecule has 0 radical (unpaired) electrons. The minimum atomic E-state index is -0.0335. The quantitative estimate of drug-likeness (QED) is 0.673. The summed E-state index contributed by atoms with van der Waals surface area (Å²) >= 11 is 0. The predicted octanol–water partition coefficient (Wildman–Crippen LogP) is 2.07. The summed E-state index contributed by atoms with van der Waals surface area (Å²) < 4.78 is 0. The van der Waals surface area contributed by atoms with Crippen molar-refractivity contribution in [1.29, 1.82) is 0 Å². The molecule has 0 aliphatic rings. The van der Waals surface area contributed by atoms with Crippen LogP contribution in [0, 0.1) is 6.92 Å². The highest BCUT2D eigenvalue weighted by atomic mass is 16.1. The molecule has 0 aliphatic heterocycles. The van der Waals surface area contributed by atoms with Crippen molar-refractivity contribution in [2.24, 2.45) is 0 Å². The molecule has 13 heavy (non-hydrogen) atoms. The second-order valence-electron chi connectivity index (χ2n) is 3.16. The molecule has 0 bridgehead atoms. The number of imidazole rings is 1. The molecule has 0 fully saturated rings. The summed E-state index contributed by atoms with van der Waals surface area (Å²) in [6.07, 6.45) is 0. The maximum Gasteiger partial charge on any atom is 0.195 e. The molecule has 0 saturated carbocycles. The third-order valence-electron chi connectivity index (χ3n) is 1.97. The Kier molecular flexibility index (Phi) is 1.65. The van der Waals surface area contributed by atoms with Crippen LogP contribution in [0.15, 0.2) is 18.2 Å². The number of benzene rings is 1. The van der Waals surface area contributed by atoms with Crippen LogP contribution < -0.4 is 0 Å². The van der Waals surface area contributed by atoms with Gasteiger partial charge in [0.25, 0.3) is 0 Å². The van der Waals surface area contributed by atoms with Crippen LogP contribution in [0.1, 0.15) is 23.1 Å². The van der Waals surface area contributed by atoms with E-state index in [0.717, 1.165) is 16.6 Å². The van der Waals surface area contributed by atoms with Crippen molar-refractivity contribution in [3.8, 4) is 0 Å². The standard InChI is InChI=1S/C10H10N2O/c1-6-3-4-8-9(5-6)12-10(11-8)7(2)13/h3-5H,1-2H3,(H,11,12). The highest BCUT2D eigenvalue weighted by Gasteiger charge is 2.05. The molecule has 1 aromatic heterocycles. The topological polar surface area (TPSA) is 45.8 Å². The number of carbonyl (C=O) groups excluding carboxylic acids is 1. The van der Waals surface area contributed by atoms with Gasteiger partial charge in [0.2, 0.25) is 0 Å². The van der Waals surface area contributed by atoms with Crippen LogP contribution in [-0.2, 0) is 0 Å². The molecule has 2 aromatic rings. The number of hydrogen-bond acceptors (Lipinski definition) is 2. The second kappa shape index (κ2) is 2.69.